The molecular weight excluding hydrogens is 396 g/mol. The van der Waals surface area contributed by atoms with Crippen LogP contribution in [0.3, 0.4) is 0 Å². The van der Waals surface area contributed by atoms with Gasteiger partial charge in [-0.15, -0.1) is 0 Å². The first-order valence-electron chi connectivity index (χ1n) is 10.9. The summed E-state index contributed by atoms with van der Waals surface area (Å²) < 4.78 is 0. The Morgan fingerprint density at radius 2 is 1.19 bits per heavy atom. The van der Waals surface area contributed by atoms with Crippen molar-refractivity contribution in [3.05, 3.63) is 46.5 Å². The first-order valence-corrected chi connectivity index (χ1v) is 10.9. The maximum atomic E-state index is 13.1. The monoisotopic (exact) mass is 422 g/mol. The van der Waals surface area contributed by atoms with E-state index in [0.29, 0.717) is 6.29 Å². The number of carboxylic acid groups (broad SMARTS) is 1. The van der Waals surface area contributed by atoms with Crippen LogP contribution in [0.4, 0.5) is 0 Å². The number of hydrogen-bond donors (Lipinski definition) is 3. The second-order valence-electron chi connectivity index (χ2n) is 8.45. The Morgan fingerprint density at radius 1 is 0.742 bits per heavy atom. The standard InChI is InChI=1S/C24H26N2O5/c27-13-14-9-10-19(24(30)31)21-18(23(29)26-16-7-3-4-8-16)12-11-17(20(14)21)22(28)25-15-5-1-2-6-15/h9-13,15-16H,1-8H2,(H,25,28)(H,26,29)(H,30,31). The van der Waals surface area contributed by atoms with E-state index < -0.39 is 5.97 Å². The Labute approximate surface area is 180 Å². The van der Waals surface area contributed by atoms with Crippen molar-refractivity contribution in [2.24, 2.45) is 0 Å². The third-order valence-electron chi connectivity index (χ3n) is 6.42. The molecule has 2 aliphatic rings. The molecule has 0 atom stereocenters. The van der Waals surface area contributed by atoms with Crippen LogP contribution in [0.5, 0.6) is 0 Å². The fourth-order valence-corrected chi connectivity index (χ4v) is 4.84. The highest BCUT2D eigenvalue weighted by Crippen LogP contribution is 2.31. The van der Waals surface area contributed by atoms with Crippen LogP contribution in [-0.4, -0.2) is 41.3 Å². The van der Waals surface area contributed by atoms with E-state index in [0.717, 1.165) is 51.4 Å². The predicted octanol–water partition coefficient (Wildman–Crippen LogP) is 3.70. The van der Waals surface area contributed by atoms with Crippen LogP contribution >= 0.6 is 0 Å². The summed E-state index contributed by atoms with van der Waals surface area (Å²) in [6, 6.07) is 5.85. The number of carbonyl (C=O) groups excluding carboxylic acids is 3. The molecule has 0 unspecified atom stereocenters. The van der Waals surface area contributed by atoms with Gasteiger partial charge < -0.3 is 15.7 Å². The summed E-state index contributed by atoms with van der Waals surface area (Å²) in [5.41, 5.74) is 0.463. The van der Waals surface area contributed by atoms with Crippen molar-refractivity contribution in [3.63, 3.8) is 0 Å². The Kier molecular flexibility index (Phi) is 6.02. The summed E-state index contributed by atoms with van der Waals surface area (Å²) in [7, 11) is 0. The van der Waals surface area contributed by atoms with Gasteiger partial charge in [-0.2, -0.15) is 0 Å². The number of carboxylic acids is 1. The minimum absolute atomic E-state index is 0.0513. The van der Waals surface area contributed by atoms with Crippen LogP contribution in [0, 0.1) is 0 Å². The molecule has 2 aromatic rings. The van der Waals surface area contributed by atoms with Gasteiger partial charge in [0.2, 0.25) is 0 Å². The van der Waals surface area contributed by atoms with Crippen LogP contribution in [0.25, 0.3) is 10.8 Å². The third-order valence-corrected chi connectivity index (χ3v) is 6.42. The van der Waals surface area contributed by atoms with Crippen molar-refractivity contribution >= 4 is 34.8 Å². The van der Waals surface area contributed by atoms with E-state index in [-0.39, 0.29) is 56.9 Å². The average Bonchev–Trinajstić information content (AvgIpc) is 3.46. The highest BCUT2D eigenvalue weighted by atomic mass is 16.4. The lowest BCUT2D eigenvalue weighted by molar-refractivity contribution is 0.0698. The minimum Gasteiger partial charge on any atom is -0.478 e. The fraction of sp³-hybridized carbons (Fsp3) is 0.417. The normalized spacial score (nSPS) is 17.0. The number of nitrogens with one attached hydrogen (secondary N) is 2. The van der Waals surface area contributed by atoms with Crippen LogP contribution in [0.15, 0.2) is 24.3 Å². The van der Waals surface area contributed by atoms with Gasteiger partial charge in [-0.25, -0.2) is 4.79 Å². The summed E-state index contributed by atoms with van der Waals surface area (Å²) in [5.74, 6) is -1.96. The number of fused-ring (bicyclic) bond motifs is 1. The zero-order valence-electron chi connectivity index (χ0n) is 17.3. The molecule has 0 bridgehead atoms. The Morgan fingerprint density at radius 3 is 1.65 bits per heavy atom. The predicted molar refractivity (Wildman–Crippen MR) is 116 cm³/mol. The quantitative estimate of drug-likeness (QED) is 0.615. The molecule has 3 N–H and O–H groups in total. The van der Waals surface area contributed by atoms with E-state index in [1.165, 1.54) is 24.3 Å². The Balaban J connectivity index is 1.84. The molecule has 2 amide bonds. The van der Waals surface area contributed by atoms with Crippen molar-refractivity contribution < 1.29 is 24.3 Å². The third kappa shape index (κ3) is 4.17. The lowest BCUT2D eigenvalue weighted by atomic mass is 9.91. The van der Waals surface area contributed by atoms with Gasteiger partial charge in [0.1, 0.15) is 0 Å². The summed E-state index contributed by atoms with van der Waals surface area (Å²) in [5, 5.41) is 16.1. The maximum Gasteiger partial charge on any atom is 0.336 e. The molecule has 0 aromatic heterocycles. The van der Waals surface area contributed by atoms with E-state index >= 15 is 0 Å². The molecule has 0 radical (unpaired) electrons. The van der Waals surface area contributed by atoms with Gasteiger partial charge in [0.25, 0.3) is 11.8 Å². The number of aromatic carboxylic acids is 1. The smallest absolute Gasteiger partial charge is 0.336 e. The molecule has 2 aliphatic carbocycles. The molecule has 31 heavy (non-hydrogen) atoms. The first kappa shape index (κ1) is 21.0. The summed E-state index contributed by atoms with van der Waals surface area (Å²) in [6.07, 6.45) is 8.35. The first-order chi connectivity index (χ1) is 15.0. The summed E-state index contributed by atoms with van der Waals surface area (Å²) in [6.45, 7) is 0. The van der Waals surface area contributed by atoms with Crippen molar-refractivity contribution in [1.29, 1.82) is 0 Å². The van der Waals surface area contributed by atoms with E-state index in [1.54, 1.807) is 0 Å². The fourth-order valence-electron chi connectivity index (χ4n) is 4.84. The lowest BCUT2D eigenvalue weighted by Gasteiger charge is -2.18. The highest BCUT2D eigenvalue weighted by molar-refractivity contribution is 6.22. The molecule has 0 spiro atoms. The molecule has 162 valence electrons. The summed E-state index contributed by atoms with van der Waals surface area (Å²) in [4.78, 5) is 49.9. The van der Waals surface area contributed by atoms with Crippen molar-refractivity contribution in [2.45, 2.75) is 63.5 Å². The second-order valence-corrected chi connectivity index (χ2v) is 8.45. The maximum absolute atomic E-state index is 13.1. The van der Waals surface area contributed by atoms with Gasteiger partial charge in [0.15, 0.2) is 6.29 Å². The lowest BCUT2D eigenvalue weighted by Crippen LogP contribution is -2.34. The van der Waals surface area contributed by atoms with E-state index in [4.69, 9.17) is 0 Å². The number of aldehydes is 1. The van der Waals surface area contributed by atoms with Gasteiger partial charge >= 0.3 is 5.97 Å². The second kappa shape index (κ2) is 8.88. The number of hydrogen-bond acceptors (Lipinski definition) is 4. The molecule has 2 saturated carbocycles. The Hall–Kier alpha value is -3.22. The molecule has 4 rings (SSSR count). The molecule has 0 aliphatic heterocycles. The van der Waals surface area contributed by atoms with Crippen LogP contribution in [0.1, 0.15) is 92.8 Å². The van der Waals surface area contributed by atoms with Gasteiger partial charge in [-0.3, -0.25) is 14.4 Å². The molecule has 2 aromatic carbocycles. The van der Waals surface area contributed by atoms with Crippen molar-refractivity contribution in [3.8, 4) is 0 Å². The number of benzene rings is 2. The number of amides is 2. The van der Waals surface area contributed by atoms with Gasteiger partial charge in [0, 0.05) is 39.5 Å². The van der Waals surface area contributed by atoms with Gasteiger partial charge in [-0.1, -0.05) is 31.7 Å². The van der Waals surface area contributed by atoms with E-state index in [1.807, 2.05) is 0 Å². The molecule has 7 nitrogen and oxygen atoms in total. The molecule has 7 heteroatoms. The van der Waals surface area contributed by atoms with Crippen LogP contribution in [0.2, 0.25) is 0 Å². The SMILES string of the molecule is O=Cc1ccc(C(=O)O)c2c(C(=O)NC3CCCC3)ccc(C(=O)NC3CCCC3)c12. The van der Waals surface area contributed by atoms with Gasteiger partial charge in [0.05, 0.1) is 5.56 Å². The molecule has 0 heterocycles. The Bertz CT molecular complexity index is 1050. The number of carbonyl (C=O) groups is 4. The average molecular weight is 422 g/mol. The molecule has 0 saturated heterocycles. The van der Waals surface area contributed by atoms with Gasteiger partial charge in [-0.05, 0) is 43.9 Å². The molecular formula is C24H26N2O5. The van der Waals surface area contributed by atoms with Crippen LogP contribution in [-0.2, 0) is 0 Å². The van der Waals surface area contributed by atoms with E-state index in [9.17, 15) is 24.3 Å². The zero-order chi connectivity index (χ0) is 22.0. The topological polar surface area (TPSA) is 113 Å². The highest BCUT2D eigenvalue weighted by Gasteiger charge is 2.26. The number of rotatable bonds is 6. The minimum atomic E-state index is -1.22. The largest absolute Gasteiger partial charge is 0.478 e. The summed E-state index contributed by atoms with van der Waals surface area (Å²) >= 11 is 0. The van der Waals surface area contributed by atoms with Crippen molar-refractivity contribution in [1.82, 2.24) is 10.6 Å². The van der Waals surface area contributed by atoms with Crippen molar-refractivity contribution in [2.75, 3.05) is 0 Å². The molecule has 2 fully saturated rings. The van der Waals surface area contributed by atoms with E-state index in [2.05, 4.69) is 10.6 Å². The van der Waals surface area contributed by atoms with Crippen LogP contribution < -0.4 is 10.6 Å². The zero-order valence-corrected chi connectivity index (χ0v) is 17.3.